The lowest BCUT2D eigenvalue weighted by Crippen LogP contribution is -2.51. The third kappa shape index (κ3) is 3.43. The second-order valence-electron chi connectivity index (χ2n) is 9.74. The van der Waals surface area contributed by atoms with E-state index in [0.29, 0.717) is 6.42 Å². The Morgan fingerprint density at radius 1 is 1.00 bits per heavy atom. The highest BCUT2D eigenvalue weighted by atomic mass is 79.9. The Labute approximate surface area is 186 Å². The monoisotopic (exact) mass is 465 g/mol. The molecule has 2 heterocycles. The van der Waals surface area contributed by atoms with E-state index < -0.39 is 0 Å². The molecule has 0 amide bonds. The molecule has 0 radical (unpaired) electrons. The molecule has 0 saturated carbocycles. The van der Waals surface area contributed by atoms with Crippen molar-refractivity contribution in [2.24, 2.45) is 11.3 Å². The summed E-state index contributed by atoms with van der Waals surface area (Å²) in [7, 11) is 0. The van der Waals surface area contributed by atoms with Gasteiger partial charge in [-0.05, 0) is 42.0 Å². The van der Waals surface area contributed by atoms with Gasteiger partial charge in [-0.1, -0.05) is 71.7 Å². The fourth-order valence-electron chi connectivity index (χ4n) is 5.45. The summed E-state index contributed by atoms with van der Waals surface area (Å²) in [6.07, 6.45) is 1.57. The summed E-state index contributed by atoms with van der Waals surface area (Å²) in [6.45, 7) is 6.48. The molecule has 0 aromatic heterocycles. The number of carbonyl (C=O) groups is 1. The summed E-state index contributed by atoms with van der Waals surface area (Å²) in [5.74, 6) is 0.513. The third-order valence-electron chi connectivity index (χ3n) is 6.75. The van der Waals surface area contributed by atoms with Crippen LogP contribution in [-0.4, -0.2) is 11.9 Å². The van der Waals surface area contributed by atoms with Crippen LogP contribution in [-0.2, 0) is 4.79 Å². The highest BCUT2D eigenvalue weighted by Gasteiger charge is 2.51. The molecule has 5 heteroatoms. The van der Waals surface area contributed by atoms with Gasteiger partial charge in [0.05, 0.1) is 12.2 Å². The number of hydrogen-bond acceptors (Lipinski definition) is 4. The maximum absolute atomic E-state index is 13.4. The smallest absolute Gasteiger partial charge is 0.161 e. The molecule has 156 valence electrons. The number of hydrazine groups is 1. The van der Waals surface area contributed by atoms with Gasteiger partial charge in [0.1, 0.15) is 0 Å². The van der Waals surface area contributed by atoms with Gasteiger partial charge in [-0.15, -0.1) is 0 Å². The van der Waals surface area contributed by atoms with Crippen molar-refractivity contribution in [3.8, 4) is 0 Å². The lowest BCUT2D eigenvalue weighted by Gasteiger charge is -2.44. The van der Waals surface area contributed by atoms with Gasteiger partial charge in [-0.3, -0.25) is 4.79 Å². The van der Waals surface area contributed by atoms with E-state index in [1.807, 2.05) is 6.07 Å². The Hall–Kier alpha value is -1.95. The van der Waals surface area contributed by atoms with Crippen molar-refractivity contribution in [3.05, 3.63) is 81.0 Å². The number of benzene rings is 2. The summed E-state index contributed by atoms with van der Waals surface area (Å²) < 4.78 is 1.05. The minimum atomic E-state index is -0.0139. The molecule has 2 aromatic rings. The van der Waals surface area contributed by atoms with Crippen LogP contribution in [0.5, 0.6) is 0 Å². The van der Waals surface area contributed by atoms with Gasteiger partial charge in [0.2, 0.25) is 0 Å². The van der Waals surface area contributed by atoms with E-state index in [1.54, 1.807) is 0 Å². The van der Waals surface area contributed by atoms with E-state index in [4.69, 9.17) is 0 Å². The topological polar surface area (TPSA) is 53.2 Å². The Bertz CT molecular complexity index is 1030. The molecule has 3 aliphatic rings. The van der Waals surface area contributed by atoms with Gasteiger partial charge in [0, 0.05) is 34.0 Å². The summed E-state index contributed by atoms with van der Waals surface area (Å²) in [5, 5.41) is 3.70. The Morgan fingerprint density at radius 3 is 2.50 bits per heavy atom. The standard InChI is InChI=1S/C25H28BrN3O/c1-14-7-9-15(10-8-14)23-22-20(16-5-4-6-17(26)11-16)21-18(27-24(22)29-28-23)12-25(2,3)13-19(21)30/h4-11,20,22-24,27-29H,12-13H2,1-3H3. The van der Waals surface area contributed by atoms with Crippen molar-refractivity contribution in [2.75, 3.05) is 0 Å². The van der Waals surface area contributed by atoms with E-state index in [2.05, 4.69) is 95.3 Å². The first-order valence-electron chi connectivity index (χ1n) is 10.7. The zero-order valence-electron chi connectivity index (χ0n) is 17.6. The molecule has 4 unspecified atom stereocenters. The average molecular weight is 466 g/mol. The molecule has 0 spiro atoms. The van der Waals surface area contributed by atoms with E-state index >= 15 is 0 Å². The minimum absolute atomic E-state index is 0.0139. The Kier molecular flexibility index (Phi) is 4.88. The van der Waals surface area contributed by atoms with Crippen molar-refractivity contribution in [1.29, 1.82) is 0 Å². The first-order chi connectivity index (χ1) is 14.3. The largest absolute Gasteiger partial charge is 0.371 e. The first-order valence-corrected chi connectivity index (χ1v) is 11.5. The minimum Gasteiger partial charge on any atom is -0.371 e. The molecule has 4 atom stereocenters. The van der Waals surface area contributed by atoms with Crippen LogP contribution < -0.4 is 16.2 Å². The summed E-state index contributed by atoms with van der Waals surface area (Å²) in [6, 6.07) is 17.3. The van der Waals surface area contributed by atoms with Crippen LogP contribution in [0.15, 0.2) is 64.3 Å². The van der Waals surface area contributed by atoms with Crippen LogP contribution in [0.4, 0.5) is 0 Å². The number of hydrogen-bond donors (Lipinski definition) is 3. The Balaban J connectivity index is 1.65. The SMILES string of the molecule is Cc1ccc(C2NNC3NC4=C(C(=O)CC(C)(C)C4)C(c4cccc(Br)c4)C32)cc1. The highest BCUT2D eigenvalue weighted by Crippen LogP contribution is 2.51. The average Bonchev–Trinajstić information content (AvgIpc) is 3.09. The summed E-state index contributed by atoms with van der Waals surface area (Å²) in [5.41, 5.74) is 12.8. The van der Waals surface area contributed by atoms with E-state index in [-0.39, 0.29) is 35.2 Å². The lowest BCUT2D eigenvalue weighted by molar-refractivity contribution is -0.118. The number of aryl methyl sites for hydroxylation is 1. The number of Topliss-reactive ketones (excluding diaryl/α,β-unsaturated/α-hetero) is 1. The zero-order chi connectivity index (χ0) is 21.0. The molecule has 30 heavy (non-hydrogen) atoms. The van der Waals surface area contributed by atoms with Crippen molar-refractivity contribution in [3.63, 3.8) is 0 Å². The quantitative estimate of drug-likeness (QED) is 0.591. The maximum Gasteiger partial charge on any atom is 0.161 e. The van der Waals surface area contributed by atoms with Crippen LogP contribution in [0, 0.1) is 18.3 Å². The Morgan fingerprint density at radius 2 is 1.77 bits per heavy atom. The van der Waals surface area contributed by atoms with Crippen LogP contribution in [0.1, 0.15) is 55.3 Å². The van der Waals surface area contributed by atoms with Crippen molar-refractivity contribution in [2.45, 2.75) is 51.7 Å². The first kappa shape index (κ1) is 20.0. The molecular formula is C25H28BrN3O. The van der Waals surface area contributed by atoms with E-state index in [0.717, 1.165) is 22.2 Å². The third-order valence-corrected chi connectivity index (χ3v) is 7.25. The predicted octanol–water partition coefficient (Wildman–Crippen LogP) is 4.88. The van der Waals surface area contributed by atoms with Gasteiger partial charge >= 0.3 is 0 Å². The molecule has 1 saturated heterocycles. The predicted molar refractivity (Wildman–Crippen MR) is 123 cm³/mol. The molecule has 1 fully saturated rings. The van der Waals surface area contributed by atoms with Crippen molar-refractivity contribution in [1.82, 2.24) is 16.2 Å². The number of carbonyl (C=O) groups excluding carboxylic acids is 1. The molecule has 3 N–H and O–H groups in total. The molecule has 2 aromatic carbocycles. The summed E-state index contributed by atoms with van der Waals surface area (Å²) >= 11 is 3.64. The number of rotatable bonds is 2. The number of nitrogens with one attached hydrogen (secondary N) is 3. The van der Waals surface area contributed by atoms with Crippen molar-refractivity contribution >= 4 is 21.7 Å². The molecule has 4 nitrogen and oxygen atoms in total. The van der Waals surface area contributed by atoms with Crippen molar-refractivity contribution < 1.29 is 4.79 Å². The van der Waals surface area contributed by atoms with Crippen LogP contribution in [0.2, 0.25) is 0 Å². The molecule has 1 aliphatic carbocycles. The van der Waals surface area contributed by atoms with Gasteiger partial charge in [-0.25, -0.2) is 10.9 Å². The molecule has 0 bridgehead atoms. The van der Waals surface area contributed by atoms with Gasteiger partial charge in [0.25, 0.3) is 0 Å². The van der Waals surface area contributed by atoms with Crippen LogP contribution in [0.3, 0.4) is 0 Å². The normalized spacial score (nSPS) is 29.9. The number of fused-ring (bicyclic) bond motifs is 1. The molecule has 5 rings (SSSR count). The van der Waals surface area contributed by atoms with Gasteiger partial charge < -0.3 is 5.32 Å². The number of halogens is 1. The molecular weight excluding hydrogens is 438 g/mol. The summed E-state index contributed by atoms with van der Waals surface area (Å²) in [4.78, 5) is 13.4. The number of ketones is 1. The molecule has 2 aliphatic heterocycles. The van der Waals surface area contributed by atoms with E-state index in [1.165, 1.54) is 16.7 Å². The zero-order valence-corrected chi connectivity index (χ0v) is 19.2. The lowest BCUT2D eigenvalue weighted by atomic mass is 9.65. The van der Waals surface area contributed by atoms with Crippen LogP contribution in [0.25, 0.3) is 0 Å². The maximum atomic E-state index is 13.4. The second kappa shape index (κ2) is 7.33. The fraction of sp³-hybridized carbons (Fsp3) is 0.400. The van der Waals surface area contributed by atoms with Crippen LogP contribution >= 0.6 is 15.9 Å². The second-order valence-corrected chi connectivity index (χ2v) is 10.7. The highest BCUT2D eigenvalue weighted by molar-refractivity contribution is 9.10. The van der Waals surface area contributed by atoms with Gasteiger partial charge in [0.15, 0.2) is 5.78 Å². The van der Waals surface area contributed by atoms with E-state index in [9.17, 15) is 4.79 Å². The van der Waals surface area contributed by atoms with Gasteiger partial charge in [-0.2, -0.15) is 0 Å². The number of allylic oxidation sites excluding steroid dienone is 2. The fourth-order valence-corrected chi connectivity index (χ4v) is 5.87.